The van der Waals surface area contributed by atoms with Crippen molar-refractivity contribution in [2.75, 3.05) is 0 Å². The number of aliphatic carboxylic acids is 1. The molecule has 0 amide bonds. The summed E-state index contributed by atoms with van der Waals surface area (Å²) in [5, 5.41) is 15.2. The number of rotatable bonds is 9. The van der Waals surface area contributed by atoms with Crippen molar-refractivity contribution in [2.45, 2.75) is 57.8 Å². The quantitative estimate of drug-likeness (QED) is 0.182. The fourth-order valence-corrected chi connectivity index (χ4v) is 5.63. The van der Waals surface area contributed by atoms with Crippen molar-refractivity contribution in [1.29, 1.82) is 0 Å². The minimum Gasteiger partial charge on any atom is -0.481 e. The van der Waals surface area contributed by atoms with E-state index in [1.165, 1.54) is 0 Å². The Balaban J connectivity index is 1.83. The van der Waals surface area contributed by atoms with Crippen LogP contribution in [0.15, 0.2) is 112 Å². The summed E-state index contributed by atoms with van der Waals surface area (Å²) < 4.78 is 9.93. The predicted molar refractivity (Wildman–Crippen MR) is 161 cm³/mol. The van der Waals surface area contributed by atoms with Crippen molar-refractivity contribution in [3.63, 3.8) is 0 Å². The smallest absolute Gasteiger partial charge is 0.341 e. The predicted octanol–water partition coefficient (Wildman–Crippen LogP) is 6.11. The topological polar surface area (TPSA) is 110 Å². The molecule has 3 aromatic carbocycles. The first-order valence-electron chi connectivity index (χ1n) is 13.2. The first-order valence-corrected chi connectivity index (χ1v) is 14.5. The molecule has 0 aromatic heterocycles. The Morgan fingerprint density at radius 3 is 1.71 bits per heavy atom. The Bertz CT molecular complexity index is 1380. The van der Waals surface area contributed by atoms with Gasteiger partial charge < -0.3 is 15.2 Å². The highest BCUT2D eigenvalue weighted by Gasteiger charge is 2.39. The molecule has 0 spiro atoms. The van der Waals surface area contributed by atoms with Crippen molar-refractivity contribution in [3.8, 4) is 0 Å². The first kappa shape index (κ1) is 29.9. The summed E-state index contributed by atoms with van der Waals surface area (Å²) in [7, 11) is -1.16. The largest absolute Gasteiger partial charge is 0.481 e. The summed E-state index contributed by atoms with van der Waals surface area (Å²) in [5.41, 5.74) is 0.201. The van der Waals surface area contributed by atoms with E-state index in [4.69, 9.17) is 9.57 Å². The maximum atomic E-state index is 12.8. The molecule has 2 N–H and O–H groups in total. The standard InChI is InChI=1S/C32H35N3O5S/c1-30(2,3)39-28(38)31(4,5)40-35-41-22-26(21-27(36)37)33-29(41)34-32(23-15-9-6-10-16-23,24-17-11-7-12-18-24)25-19-13-8-14-20-25/h6-20,22H,21H2,1-5H3,(H,33,34)(H,36,37). The van der Waals surface area contributed by atoms with E-state index in [9.17, 15) is 14.7 Å². The summed E-state index contributed by atoms with van der Waals surface area (Å²) >= 11 is 0. The SMILES string of the molecule is CC(C)(C)OC(=O)C(C)(C)O/N=S1/C=C(CC(=O)O)N=C1NC(c1ccccc1)(c1ccccc1)c1ccccc1. The summed E-state index contributed by atoms with van der Waals surface area (Å²) in [6, 6.07) is 29.9. The van der Waals surface area contributed by atoms with E-state index < -0.39 is 39.4 Å². The summed E-state index contributed by atoms with van der Waals surface area (Å²) in [5.74, 6) is -1.58. The number of carbonyl (C=O) groups is 2. The zero-order valence-corrected chi connectivity index (χ0v) is 24.6. The zero-order chi connectivity index (χ0) is 29.7. The highest BCUT2D eigenvalue weighted by Crippen LogP contribution is 2.38. The summed E-state index contributed by atoms with van der Waals surface area (Å²) in [6.07, 6.45) is -0.283. The van der Waals surface area contributed by atoms with Gasteiger partial charge in [-0.1, -0.05) is 95.5 Å². The second kappa shape index (κ2) is 12.2. The van der Waals surface area contributed by atoms with Gasteiger partial charge in [0.2, 0.25) is 0 Å². The second-order valence-electron chi connectivity index (χ2n) is 11.1. The van der Waals surface area contributed by atoms with Crippen LogP contribution in [0.4, 0.5) is 0 Å². The van der Waals surface area contributed by atoms with Gasteiger partial charge in [-0.15, -0.1) is 0 Å². The van der Waals surface area contributed by atoms with Crippen LogP contribution in [0.3, 0.4) is 0 Å². The average molecular weight is 574 g/mol. The molecule has 1 aliphatic heterocycles. The lowest BCUT2D eigenvalue weighted by Crippen LogP contribution is -2.48. The van der Waals surface area contributed by atoms with Gasteiger partial charge in [0.1, 0.15) is 11.1 Å². The number of aliphatic imine (C=N–C) groups is 1. The molecule has 214 valence electrons. The van der Waals surface area contributed by atoms with Crippen LogP contribution in [0, 0.1) is 0 Å². The molecule has 0 fully saturated rings. The number of esters is 1. The van der Waals surface area contributed by atoms with E-state index >= 15 is 0 Å². The molecule has 0 radical (unpaired) electrons. The van der Waals surface area contributed by atoms with Crippen molar-refractivity contribution in [2.24, 2.45) is 9.52 Å². The average Bonchev–Trinajstić information content (AvgIpc) is 3.31. The number of hydrogen-bond donors (Lipinski definition) is 2. The number of amidine groups is 1. The second-order valence-corrected chi connectivity index (χ2v) is 12.5. The van der Waals surface area contributed by atoms with E-state index in [0.717, 1.165) is 16.7 Å². The Labute approximate surface area is 243 Å². The number of carboxylic acids is 1. The lowest BCUT2D eigenvalue weighted by atomic mass is 9.77. The number of carboxylic acid groups (broad SMARTS) is 1. The third-order valence-electron chi connectivity index (χ3n) is 6.17. The first-order chi connectivity index (χ1) is 19.4. The molecular weight excluding hydrogens is 538 g/mol. The van der Waals surface area contributed by atoms with Gasteiger partial charge in [0.25, 0.3) is 0 Å². The van der Waals surface area contributed by atoms with Crippen LogP contribution in [-0.4, -0.2) is 33.4 Å². The van der Waals surface area contributed by atoms with Gasteiger partial charge >= 0.3 is 11.9 Å². The molecule has 0 aliphatic carbocycles. The molecule has 8 nitrogen and oxygen atoms in total. The maximum absolute atomic E-state index is 12.8. The Morgan fingerprint density at radius 2 is 1.29 bits per heavy atom. The normalized spacial score (nSPS) is 15.7. The van der Waals surface area contributed by atoms with E-state index in [1.54, 1.807) is 40.0 Å². The Kier molecular flexibility index (Phi) is 8.89. The number of nitrogens with one attached hydrogen (secondary N) is 1. The number of carbonyl (C=O) groups excluding carboxylic acids is 1. The lowest BCUT2D eigenvalue weighted by molar-refractivity contribution is -0.179. The maximum Gasteiger partial charge on any atom is 0.341 e. The van der Waals surface area contributed by atoms with Crippen LogP contribution in [0.2, 0.25) is 0 Å². The number of benzene rings is 3. The van der Waals surface area contributed by atoms with Crippen LogP contribution in [0.25, 0.3) is 0 Å². The van der Waals surface area contributed by atoms with Crippen molar-refractivity contribution < 1.29 is 24.3 Å². The molecule has 1 atom stereocenters. The van der Waals surface area contributed by atoms with E-state index in [0.29, 0.717) is 10.9 Å². The molecule has 1 aliphatic rings. The van der Waals surface area contributed by atoms with Crippen molar-refractivity contribution >= 4 is 27.8 Å². The summed E-state index contributed by atoms with van der Waals surface area (Å²) in [6.45, 7) is 8.50. The minimum atomic E-state index is -1.38. The molecule has 3 aromatic rings. The van der Waals surface area contributed by atoms with Crippen LogP contribution >= 0.6 is 0 Å². The lowest BCUT2D eigenvalue weighted by Gasteiger charge is -2.37. The van der Waals surface area contributed by atoms with Gasteiger partial charge in [-0.3, -0.25) is 4.79 Å². The molecule has 0 saturated carbocycles. The van der Waals surface area contributed by atoms with Gasteiger partial charge in [0.05, 0.1) is 12.1 Å². The van der Waals surface area contributed by atoms with Gasteiger partial charge in [-0.2, -0.15) is 0 Å². The molecule has 1 unspecified atom stereocenters. The number of hydrogen-bond acceptors (Lipinski definition) is 7. The molecule has 1 heterocycles. The molecule has 41 heavy (non-hydrogen) atoms. The van der Waals surface area contributed by atoms with Crippen molar-refractivity contribution in [3.05, 3.63) is 119 Å². The highest BCUT2D eigenvalue weighted by atomic mass is 32.2. The molecule has 9 heteroatoms. The van der Waals surface area contributed by atoms with Crippen LogP contribution in [0.5, 0.6) is 0 Å². The van der Waals surface area contributed by atoms with E-state index in [2.05, 4.69) is 14.8 Å². The highest BCUT2D eigenvalue weighted by molar-refractivity contribution is 8.05. The molecule has 0 saturated heterocycles. The zero-order valence-electron chi connectivity index (χ0n) is 23.8. The third-order valence-corrected chi connectivity index (χ3v) is 7.49. The van der Waals surface area contributed by atoms with Crippen LogP contribution in [0.1, 0.15) is 57.7 Å². The van der Waals surface area contributed by atoms with Gasteiger partial charge in [0.15, 0.2) is 10.8 Å². The fourth-order valence-electron chi connectivity index (χ4n) is 4.27. The number of nitrogens with zero attached hydrogens (tertiary/aromatic N) is 2. The fraction of sp³-hybridized carbons (Fsp3) is 0.281. The molecule has 0 bridgehead atoms. The summed E-state index contributed by atoms with van der Waals surface area (Å²) in [4.78, 5) is 34.9. The van der Waals surface area contributed by atoms with E-state index in [-0.39, 0.29) is 6.42 Å². The van der Waals surface area contributed by atoms with Gasteiger partial charge in [-0.25, -0.2) is 14.6 Å². The Hall–Kier alpha value is -4.08. The van der Waals surface area contributed by atoms with Gasteiger partial charge in [-0.05, 0) is 51.3 Å². The Morgan fingerprint density at radius 1 is 0.829 bits per heavy atom. The molecular formula is C32H35N3O5S. The minimum absolute atomic E-state index is 0.283. The van der Waals surface area contributed by atoms with E-state index in [1.807, 2.05) is 91.0 Å². The monoisotopic (exact) mass is 573 g/mol. The van der Waals surface area contributed by atoms with Crippen molar-refractivity contribution in [1.82, 2.24) is 5.32 Å². The molecule has 4 rings (SSSR count). The van der Waals surface area contributed by atoms with Crippen LogP contribution < -0.4 is 5.32 Å². The number of ether oxygens (including phenoxy) is 1. The van der Waals surface area contributed by atoms with Gasteiger partial charge in [0, 0.05) is 16.1 Å². The third kappa shape index (κ3) is 7.17. The van der Waals surface area contributed by atoms with Crippen LogP contribution in [-0.2, 0) is 35.4 Å².